The second-order valence-corrected chi connectivity index (χ2v) is 4.63. The Morgan fingerprint density at radius 1 is 1.11 bits per heavy atom. The van der Waals surface area contributed by atoms with Gasteiger partial charge in [0, 0.05) is 12.2 Å². The van der Waals surface area contributed by atoms with E-state index in [9.17, 15) is 0 Å². The van der Waals surface area contributed by atoms with E-state index in [4.69, 9.17) is 14.6 Å². The highest BCUT2D eigenvalue weighted by Crippen LogP contribution is 2.11. The van der Waals surface area contributed by atoms with E-state index in [1.54, 1.807) is 0 Å². The molecule has 1 rings (SSSR count). The van der Waals surface area contributed by atoms with Crippen molar-refractivity contribution >= 4 is 0 Å². The predicted octanol–water partition coefficient (Wildman–Crippen LogP) is 2.47. The molecule has 0 saturated heterocycles. The molecular formula is C16H22O3. The lowest BCUT2D eigenvalue weighted by molar-refractivity contribution is 0.0926. The summed E-state index contributed by atoms with van der Waals surface area (Å²) >= 11 is 0. The molecular weight excluding hydrogens is 240 g/mol. The van der Waals surface area contributed by atoms with Crippen LogP contribution in [0, 0.1) is 17.8 Å². The van der Waals surface area contributed by atoms with Crippen LogP contribution in [0.1, 0.15) is 25.8 Å². The van der Waals surface area contributed by atoms with Crippen molar-refractivity contribution < 1.29 is 14.6 Å². The minimum absolute atomic E-state index is 0.119. The molecule has 1 N–H and O–H groups in total. The van der Waals surface area contributed by atoms with Gasteiger partial charge >= 0.3 is 0 Å². The number of ether oxygens (including phenoxy) is 2. The lowest BCUT2D eigenvalue weighted by Crippen LogP contribution is -2.08. The second-order valence-electron chi connectivity index (χ2n) is 4.63. The standard InChI is InChI=1S/C16H22O3/c1-14(2)9-11-18-12-13-19-16-7-5-15(6-8-16)4-3-10-17/h5-8,14,17H,9-13H2,1-2H3. The number of aliphatic hydroxyl groups excluding tert-OH is 1. The molecule has 0 aromatic heterocycles. The zero-order valence-corrected chi connectivity index (χ0v) is 11.7. The van der Waals surface area contributed by atoms with Crippen molar-refractivity contribution in [1.82, 2.24) is 0 Å². The first-order chi connectivity index (χ1) is 9.22. The number of hydrogen-bond acceptors (Lipinski definition) is 3. The van der Waals surface area contributed by atoms with Crippen LogP contribution in [-0.4, -0.2) is 31.5 Å². The molecule has 0 aliphatic carbocycles. The van der Waals surface area contributed by atoms with Crippen molar-refractivity contribution in [3.8, 4) is 17.6 Å². The molecule has 19 heavy (non-hydrogen) atoms. The van der Waals surface area contributed by atoms with Crippen LogP contribution in [0.5, 0.6) is 5.75 Å². The zero-order chi connectivity index (χ0) is 13.9. The van der Waals surface area contributed by atoms with Crippen molar-refractivity contribution in [2.45, 2.75) is 20.3 Å². The number of benzene rings is 1. The van der Waals surface area contributed by atoms with Gasteiger partial charge in [0.15, 0.2) is 0 Å². The SMILES string of the molecule is CC(C)CCOCCOc1ccc(C#CCO)cc1. The smallest absolute Gasteiger partial charge is 0.119 e. The van der Waals surface area contributed by atoms with Gasteiger partial charge in [-0.15, -0.1) is 0 Å². The first-order valence-corrected chi connectivity index (χ1v) is 6.62. The quantitative estimate of drug-likeness (QED) is 0.606. The van der Waals surface area contributed by atoms with Gasteiger partial charge in [-0.2, -0.15) is 0 Å². The van der Waals surface area contributed by atoms with Crippen molar-refractivity contribution in [3.63, 3.8) is 0 Å². The van der Waals surface area contributed by atoms with Gasteiger partial charge in [0.05, 0.1) is 6.61 Å². The molecule has 0 heterocycles. The van der Waals surface area contributed by atoms with Crippen molar-refractivity contribution in [2.75, 3.05) is 26.4 Å². The third-order valence-electron chi connectivity index (χ3n) is 2.50. The minimum Gasteiger partial charge on any atom is -0.491 e. The molecule has 0 saturated carbocycles. The van der Waals surface area contributed by atoms with E-state index in [1.807, 2.05) is 24.3 Å². The van der Waals surface area contributed by atoms with Gasteiger partial charge in [-0.3, -0.25) is 0 Å². The van der Waals surface area contributed by atoms with Crippen LogP contribution in [0.3, 0.4) is 0 Å². The van der Waals surface area contributed by atoms with Crippen molar-refractivity contribution in [1.29, 1.82) is 0 Å². The third kappa shape index (κ3) is 7.50. The van der Waals surface area contributed by atoms with Gasteiger partial charge in [-0.25, -0.2) is 0 Å². The summed E-state index contributed by atoms with van der Waals surface area (Å²) in [4.78, 5) is 0. The first-order valence-electron chi connectivity index (χ1n) is 6.62. The van der Waals surface area contributed by atoms with Crippen molar-refractivity contribution in [3.05, 3.63) is 29.8 Å². The van der Waals surface area contributed by atoms with Gasteiger partial charge in [-0.05, 0) is 36.6 Å². The molecule has 0 bridgehead atoms. The molecule has 0 aliphatic rings. The van der Waals surface area contributed by atoms with Crippen LogP contribution in [-0.2, 0) is 4.74 Å². The molecule has 0 radical (unpaired) electrons. The Bertz CT molecular complexity index is 398. The summed E-state index contributed by atoms with van der Waals surface area (Å²) in [6.07, 6.45) is 1.08. The predicted molar refractivity (Wildman–Crippen MR) is 76.2 cm³/mol. The number of aliphatic hydroxyl groups is 1. The van der Waals surface area contributed by atoms with Crippen LogP contribution in [0.4, 0.5) is 0 Å². The van der Waals surface area contributed by atoms with Crippen LogP contribution in [0.15, 0.2) is 24.3 Å². The molecule has 3 nitrogen and oxygen atoms in total. The fourth-order valence-electron chi connectivity index (χ4n) is 1.42. The average molecular weight is 262 g/mol. The van der Waals surface area contributed by atoms with Gasteiger partial charge in [0.1, 0.15) is 19.0 Å². The first kappa shape index (κ1) is 15.6. The summed E-state index contributed by atoms with van der Waals surface area (Å²) in [6, 6.07) is 7.49. The maximum Gasteiger partial charge on any atom is 0.119 e. The van der Waals surface area contributed by atoms with E-state index < -0.39 is 0 Å². The minimum atomic E-state index is -0.119. The maximum absolute atomic E-state index is 8.59. The zero-order valence-electron chi connectivity index (χ0n) is 11.7. The monoisotopic (exact) mass is 262 g/mol. The topological polar surface area (TPSA) is 38.7 Å². The normalized spacial score (nSPS) is 10.1. The maximum atomic E-state index is 8.59. The summed E-state index contributed by atoms with van der Waals surface area (Å²) in [5.41, 5.74) is 0.870. The van der Waals surface area contributed by atoms with Gasteiger partial charge in [-0.1, -0.05) is 25.7 Å². The van der Waals surface area contributed by atoms with Crippen LogP contribution >= 0.6 is 0 Å². The molecule has 0 unspecified atom stereocenters. The third-order valence-corrected chi connectivity index (χ3v) is 2.50. The highest BCUT2D eigenvalue weighted by molar-refractivity contribution is 5.38. The Labute approximate surface area is 115 Å². The van der Waals surface area contributed by atoms with E-state index in [2.05, 4.69) is 25.7 Å². The Morgan fingerprint density at radius 2 is 1.84 bits per heavy atom. The Morgan fingerprint density at radius 3 is 2.47 bits per heavy atom. The fraction of sp³-hybridized carbons (Fsp3) is 0.500. The molecule has 3 heteroatoms. The molecule has 0 atom stereocenters. The lowest BCUT2D eigenvalue weighted by atomic mass is 10.1. The van der Waals surface area contributed by atoms with Crippen molar-refractivity contribution in [2.24, 2.45) is 5.92 Å². The second kappa shape index (κ2) is 9.43. The largest absolute Gasteiger partial charge is 0.491 e. The summed E-state index contributed by atoms with van der Waals surface area (Å²) in [6.45, 7) is 6.20. The Balaban J connectivity index is 2.19. The Hall–Kier alpha value is -1.50. The van der Waals surface area contributed by atoms with Gasteiger partial charge in [0.25, 0.3) is 0 Å². The molecule has 0 aliphatic heterocycles. The van der Waals surface area contributed by atoms with E-state index in [1.165, 1.54) is 0 Å². The summed E-state index contributed by atoms with van der Waals surface area (Å²) < 4.78 is 11.0. The summed E-state index contributed by atoms with van der Waals surface area (Å²) in [5, 5.41) is 8.59. The molecule has 1 aromatic rings. The average Bonchev–Trinajstić information content (AvgIpc) is 2.41. The molecule has 0 amide bonds. The van der Waals surface area contributed by atoms with E-state index in [0.717, 1.165) is 24.3 Å². The highest BCUT2D eigenvalue weighted by atomic mass is 16.5. The number of hydrogen-bond donors (Lipinski definition) is 1. The van der Waals surface area contributed by atoms with E-state index >= 15 is 0 Å². The lowest BCUT2D eigenvalue weighted by Gasteiger charge is -2.08. The van der Waals surface area contributed by atoms with E-state index in [-0.39, 0.29) is 6.61 Å². The fourth-order valence-corrected chi connectivity index (χ4v) is 1.42. The van der Waals surface area contributed by atoms with Crippen LogP contribution in [0.2, 0.25) is 0 Å². The highest BCUT2D eigenvalue weighted by Gasteiger charge is 1.96. The summed E-state index contributed by atoms with van der Waals surface area (Å²) in [5.74, 6) is 6.92. The van der Waals surface area contributed by atoms with E-state index in [0.29, 0.717) is 19.1 Å². The molecule has 1 aromatic carbocycles. The Kier molecular flexibility index (Phi) is 7.72. The van der Waals surface area contributed by atoms with Crippen LogP contribution < -0.4 is 4.74 Å². The molecule has 0 fully saturated rings. The van der Waals surface area contributed by atoms with Gasteiger partial charge < -0.3 is 14.6 Å². The molecule has 0 spiro atoms. The number of rotatable bonds is 7. The van der Waals surface area contributed by atoms with Crippen LogP contribution in [0.25, 0.3) is 0 Å². The van der Waals surface area contributed by atoms with Gasteiger partial charge in [0.2, 0.25) is 0 Å². The summed E-state index contributed by atoms with van der Waals surface area (Å²) in [7, 11) is 0. The molecule has 104 valence electrons.